The fourth-order valence-electron chi connectivity index (χ4n) is 4.57. The van der Waals surface area contributed by atoms with Gasteiger partial charge in [-0.3, -0.25) is 0 Å². The lowest BCUT2D eigenvalue weighted by Crippen LogP contribution is -2.47. The second kappa shape index (κ2) is 7.86. The average Bonchev–Trinajstić information content (AvgIpc) is 2.93. The second-order valence-electron chi connectivity index (χ2n) is 7.97. The van der Waals surface area contributed by atoms with E-state index in [-0.39, 0.29) is 5.15 Å². The molecule has 150 valence electrons. The summed E-state index contributed by atoms with van der Waals surface area (Å²) in [7, 11) is 0. The molecule has 0 radical (unpaired) electrons. The summed E-state index contributed by atoms with van der Waals surface area (Å²) in [6.07, 6.45) is 8.23. The Morgan fingerprint density at radius 3 is 2.57 bits per heavy atom. The summed E-state index contributed by atoms with van der Waals surface area (Å²) >= 11 is 13.6. The summed E-state index contributed by atoms with van der Waals surface area (Å²) in [6.45, 7) is 4.27. The first-order chi connectivity index (χ1) is 13.4. The molecule has 0 unspecified atom stereocenters. The zero-order valence-corrected chi connectivity index (χ0v) is 18.1. The van der Waals surface area contributed by atoms with E-state index in [1.54, 1.807) is 12.3 Å². The van der Waals surface area contributed by atoms with Gasteiger partial charge >= 0.3 is 0 Å². The molecule has 0 amide bonds. The molecule has 1 saturated heterocycles. The van der Waals surface area contributed by atoms with Crippen molar-refractivity contribution >= 4 is 46.6 Å². The van der Waals surface area contributed by atoms with Crippen LogP contribution in [0.1, 0.15) is 32.6 Å². The normalized spacial score (nSPS) is 24.1. The Bertz CT molecular complexity index is 854. The molecule has 0 bridgehead atoms. The van der Waals surface area contributed by atoms with E-state index in [2.05, 4.69) is 26.8 Å². The van der Waals surface area contributed by atoms with E-state index in [1.807, 2.05) is 6.20 Å². The fraction of sp³-hybridized carbons (Fsp3) is 0.526. The highest BCUT2D eigenvalue weighted by Crippen LogP contribution is 2.48. The van der Waals surface area contributed by atoms with Crippen molar-refractivity contribution in [1.82, 2.24) is 15.0 Å². The Morgan fingerprint density at radius 1 is 1.21 bits per heavy atom. The SMILES string of the molecule is C[C@H]1C[C@@H](N)C2(CCN(c3cnc(Sc4cc(N)nc(Cl)c4Cl)cn3)CC2)C1. The highest BCUT2D eigenvalue weighted by Gasteiger charge is 2.45. The van der Waals surface area contributed by atoms with Crippen molar-refractivity contribution in [3.63, 3.8) is 0 Å². The van der Waals surface area contributed by atoms with E-state index in [9.17, 15) is 0 Å². The number of nitrogens with zero attached hydrogens (tertiary/aromatic N) is 4. The van der Waals surface area contributed by atoms with Crippen molar-refractivity contribution in [2.45, 2.75) is 48.6 Å². The third-order valence-electron chi connectivity index (χ3n) is 6.01. The van der Waals surface area contributed by atoms with Crippen molar-refractivity contribution < 1.29 is 0 Å². The van der Waals surface area contributed by atoms with Gasteiger partial charge in [0.2, 0.25) is 0 Å². The molecule has 6 nitrogen and oxygen atoms in total. The number of nitrogen functional groups attached to an aromatic ring is 1. The highest BCUT2D eigenvalue weighted by atomic mass is 35.5. The van der Waals surface area contributed by atoms with Crippen LogP contribution in [-0.4, -0.2) is 34.1 Å². The van der Waals surface area contributed by atoms with Gasteiger partial charge in [0.15, 0.2) is 5.15 Å². The number of anilines is 2. The number of hydrogen-bond donors (Lipinski definition) is 2. The van der Waals surface area contributed by atoms with E-state index in [0.717, 1.165) is 49.1 Å². The summed E-state index contributed by atoms with van der Waals surface area (Å²) in [6, 6.07) is 2.02. The van der Waals surface area contributed by atoms with Gasteiger partial charge in [-0.1, -0.05) is 41.9 Å². The van der Waals surface area contributed by atoms with Crippen molar-refractivity contribution in [3.8, 4) is 0 Å². The van der Waals surface area contributed by atoms with Crippen molar-refractivity contribution in [2.75, 3.05) is 23.7 Å². The molecule has 1 saturated carbocycles. The molecule has 2 aromatic heterocycles. The monoisotopic (exact) mass is 438 g/mol. The maximum Gasteiger partial charge on any atom is 0.151 e. The summed E-state index contributed by atoms with van der Waals surface area (Å²) in [5.41, 5.74) is 12.5. The van der Waals surface area contributed by atoms with Crippen LogP contribution in [0.5, 0.6) is 0 Å². The Balaban J connectivity index is 1.42. The second-order valence-corrected chi connectivity index (χ2v) is 9.76. The molecule has 28 heavy (non-hydrogen) atoms. The Labute approximate surface area is 179 Å². The average molecular weight is 439 g/mol. The molecule has 2 aromatic rings. The minimum atomic E-state index is 0.190. The maximum atomic E-state index is 6.46. The lowest BCUT2D eigenvalue weighted by molar-refractivity contribution is 0.192. The zero-order chi connectivity index (χ0) is 19.9. The molecule has 3 heterocycles. The first-order valence-corrected chi connectivity index (χ1v) is 11.1. The predicted octanol–water partition coefficient (Wildman–Crippen LogP) is 4.26. The lowest BCUT2D eigenvalue weighted by atomic mass is 9.74. The molecule has 9 heteroatoms. The molecule has 1 aliphatic carbocycles. The smallest absolute Gasteiger partial charge is 0.151 e. The zero-order valence-electron chi connectivity index (χ0n) is 15.7. The van der Waals surface area contributed by atoms with Crippen LogP contribution in [0.2, 0.25) is 10.2 Å². The van der Waals surface area contributed by atoms with Crippen LogP contribution >= 0.6 is 35.0 Å². The molecule has 0 aromatic carbocycles. The minimum Gasteiger partial charge on any atom is -0.384 e. The summed E-state index contributed by atoms with van der Waals surface area (Å²) in [5, 5.41) is 1.29. The van der Waals surface area contributed by atoms with E-state index in [0.29, 0.717) is 27.2 Å². The number of hydrogen-bond acceptors (Lipinski definition) is 7. The van der Waals surface area contributed by atoms with Gasteiger partial charge in [-0.25, -0.2) is 15.0 Å². The van der Waals surface area contributed by atoms with Crippen molar-refractivity contribution in [3.05, 3.63) is 28.6 Å². The van der Waals surface area contributed by atoms with Gasteiger partial charge in [-0.15, -0.1) is 0 Å². The van der Waals surface area contributed by atoms with Crippen molar-refractivity contribution in [1.29, 1.82) is 0 Å². The first-order valence-electron chi connectivity index (χ1n) is 9.48. The number of halogens is 2. The predicted molar refractivity (Wildman–Crippen MR) is 115 cm³/mol. The van der Waals surface area contributed by atoms with Crippen LogP contribution in [0.25, 0.3) is 0 Å². The van der Waals surface area contributed by atoms with Gasteiger partial charge in [-0.2, -0.15) is 0 Å². The Hall–Kier alpha value is -1.28. The highest BCUT2D eigenvalue weighted by molar-refractivity contribution is 7.99. The third kappa shape index (κ3) is 3.90. The molecule has 2 aliphatic rings. The minimum absolute atomic E-state index is 0.190. The van der Waals surface area contributed by atoms with E-state index in [4.69, 9.17) is 34.7 Å². The van der Waals surface area contributed by atoms with Gasteiger partial charge in [0, 0.05) is 24.0 Å². The van der Waals surface area contributed by atoms with Crippen LogP contribution in [0.4, 0.5) is 11.6 Å². The lowest BCUT2D eigenvalue weighted by Gasteiger charge is -2.42. The van der Waals surface area contributed by atoms with Crippen molar-refractivity contribution in [2.24, 2.45) is 17.1 Å². The summed E-state index contributed by atoms with van der Waals surface area (Å²) in [4.78, 5) is 16.1. The number of aromatic nitrogens is 3. The van der Waals surface area contributed by atoms with E-state index < -0.39 is 0 Å². The molecule has 1 spiro atoms. The van der Waals surface area contributed by atoms with Gasteiger partial charge in [0.25, 0.3) is 0 Å². The maximum absolute atomic E-state index is 6.46. The fourth-order valence-corrected chi connectivity index (χ4v) is 5.84. The van der Waals surface area contributed by atoms with Crippen LogP contribution in [0.15, 0.2) is 28.4 Å². The van der Waals surface area contributed by atoms with Gasteiger partial charge in [0.05, 0.1) is 17.4 Å². The first kappa shape index (κ1) is 20.0. The topological polar surface area (TPSA) is 94.0 Å². The molecular weight excluding hydrogens is 415 g/mol. The molecule has 1 aliphatic heterocycles. The van der Waals surface area contributed by atoms with Gasteiger partial charge < -0.3 is 16.4 Å². The van der Waals surface area contributed by atoms with E-state index >= 15 is 0 Å². The Kier molecular flexibility index (Phi) is 5.62. The number of pyridine rings is 1. The number of piperidine rings is 1. The quantitative estimate of drug-likeness (QED) is 0.691. The number of nitrogens with two attached hydrogens (primary N) is 2. The summed E-state index contributed by atoms with van der Waals surface area (Å²) in [5.74, 6) is 1.96. The van der Waals surface area contributed by atoms with Crippen LogP contribution in [-0.2, 0) is 0 Å². The molecule has 2 atom stereocenters. The molecule has 4 rings (SSSR count). The Morgan fingerprint density at radius 2 is 1.96 bits per heavy atom. The summed E-state index contributed by atoms with van der Waals surface area (Å²) < 4.78 is 0. The van der Waals surface area contributed by atoms with Gasteiger partial charge in [0.1, 0.15) is 16.7 Å². The van der Waals surface area contributed by atoms with Gasteiger partial charge in [-0.05, 0) is 43.1 Å². The number of rotatable bonds is 3. The molecular formula is C19H24Cl2N6S. The van der Waals surface area contributed by atoms with Crippen LogP contribution < -0.4 is 16.4 Å². The molecule has 4 N–H and O–H groups in total. The van der Waals surface area contributed by atoms with Crippen LogP contribution in [0.3, 0.4) is 0 Å². The van der Waals surface area contributed by atoms with Crippen LogP contribution in [0, 0.1) is 11.3 Å². The standard InChI is InChI=1S/C19H24Cl2N6S/c1-11-6-13(22)19(8-11)2-4-27(5-3-19)15-9-25-16(10-24-15)28-12-7-14(23)26-18(21)17(12)20/h7,9-11,13H,2-6,8,22H2,1H3,(H2,23,26)/t11-,13+/m0/s1. The third-order valence-corrected chi connectivity index (χ3v) is 7.84. The molecule has 2 fully saturated rings. The largest absolute Gasteiger partial charge is 0.384 e. The van der Waals surface area contributed by atoms with E-state index in [1.165, 1.54) is 18.2 Å².